The second-order valence-corrected chi connectivity index (χ2v) is 8.50. The zero-order valence-electron chi connectivity index (χ0n) is 17.3. The first kappa shape index (κ1) is 21.1. The number of thioether (sulfide) groups is 1. The summed E-state index contributed by atoms with van der Waals surface area (Å²) in [5.74, 6) is -1.27. The Morgan fingerprint density at radius 2 is 1.76 bits per heavy atom. The first-order valence-electron chi connectivity index (χ1n) is 10.3. The van der Waals surface area contributed by atoms with Gasteiger partial charge in [-0.2, -0.15) is 10.0 Å². The quantitative estimate of drug-likeness (QED) is 0.423. The van der Waals surface area contributed by atoms with Crippen molar-refractivity contribution in [2.75, 3.05) is 13.1 Å². The van der Waals surface area contributed by atoms with E-state index in [1.54, 1.807) is 30.3 Å². The predicted molar refractivity (Wildman–Crippen MR) is 124 cm³/mol. The molecule has 1 fully saturated rings. The van der Waals surface area contributed by atoms with Crippen molar-refractivity contribution < 1.29 is 18.7 Å². The number of amidine groups is 3. The van der Waals surface area contributed by atoms with Crippen LogP contribution in [0.25, 0.3) is 6.08 Å². The summed E-state index contributed by atoms with van der Waals surface area (Å²) in [6.45, 7) is 1.82. The van der Waals surface area contributed by atoms with Gasteiger partial charge in [0.25, 0.3) is 5.91 Å². The van der Waals surface area contributed by atoms with Crippen LogP contribution in [0.15, 0.2) is 64.2 Å². The topological polar surface area (TPSA) is 98.4 Å². The number of esters is 1. The van der Waals surface area contributed by atoms with E-state index in [1.807, 2.05) is 0 Å². The molecule has 166 valence electrons. The molecule has 0 saturated carbocycles. The van der Waals surface area contributed by atoms with Crippen LogP contribution in [-0.4, -0.2) is 51.0 Å². The van der Waals surface area contributed by atoms with Crippen LogP contribution in [-0.2, 0) is 4.79 Å². The molecule has 5 rings (SSSR count). The molecule has 0 radical (unpaired) electrons. The molecule has 1 amide bonds. The minimum atomic E-state index is -0.606. The molecular formula is C23H18FN5O3S. The molecule has 0 spiro atoms. The van der Waals surface area contributed by atoms with Crippen LogP contribution in [0.4, 0.5) is 4.39 Å². The number of hydrogen-bond donors (Lipinski definition) is 1. The Labute approximate surface area is 192 Å². The number of hydrazone groups is 1. The van der Waals surface area contributed by atoms with Crippen molar-refractivity contribution in [2.24, 2.45) is 10.1 Å². The lowest BCUT2D eigenvalue weighted by atomic mass is 10.1. The van der Waals surface area contributed by atoms with Gasteiger partial charge in [0.05, 0.1) is 11.1 Å². The summed E-state index contributed by atoms with van der Waals surface area (Å²) in [5, 5.41) is 15.5. The number of fused-ring (bicyclic) bond motifs is 1. The second kappa shape index (κ2) is 8.62. The van der Waals surface area contributed by atoms with Crippen molar-refractivity contribution in [3.05, 3.63) is 71.0 Å². The van der Waals surface area contributed by atoms with Crippen molar-refractivity contribution in [2.45, 2.75) is 12.8 Å². The van der Waals surface area contributed by atoms with Crippen molar-refractivity contribution >= 4 is 45.9 Å². The number of nitrogens with zero attached hydrogens (tertiary/aromatic N) is 4. The molecule has 1 N–H and O–H groups in total. The minimum absolute atomic E-state index is 0.0292. The molecule has 3 heterocycles. The highest BCUT2D eigenvalue weighted by atomic mass is 32.2. The van der Waals surface area contributed by atoms with E-state index in [9.17, 15) is 14.0 Å². The number of aliphatic imine (C=N–C) groups is 1. The van der Waals surface area contributed by atoms with Crippen molar-refractivity contribution in [3.8, 4) is 5.75 Å². The number of carbonyl (C=O) groups is 2. The first-order chi connectivity index (χ1) is 16.0. The fourth-order valence-electron chi connectivity index (χ4n) is 3.57. The molecule has 3 aliphatic heterocycles. The van der Waals surface area contributed by atoms with E-state index in [0.29, 0.717) is 16.5 Å². The molecule has 2 aromatic carbocycles. The number of carbonyl (C=O) groups excluding carboxylic acids is 2. The van der Waals surface area contributed by atoms with Gasteiger partial charge in [-0.3, -0.25) is 10.2 Å². The van der Waals surface area contributed by atoms with Crippen molar-refractivity contribution in [1.29, 1.82) is 5.41 Å². The van der Waals surface area contributed by atoms with Crippen LogP contribution in [0.5, 0.6) is 5.75 Å². The van der Waals surface area contributed by atoms with Gasteiger partial charge >= 0.3 is 5.97 Å². The van der Waals surface area contributed by atoms with E-state index in [2.05, 4.69) is 15.0 Å². The molecular weight excluding hydrogens is 445 g/mol. The molecule has 0 unspecified atom stereocenters. The highest BCUT2D eigenvalue weighted by molar-refractivity contribution is 8.26. The van der Waals surface area contributed by atoms with Gasteiger partial charge in [0.1, 0.15) is 11.6 Å². The average Bonchev–Trinajstić information content (AvgIpc) is 3.48. The predicted octanol–water partition coefficient (Wildman–Crippen LogP) is 3.72. The summed E-state index contributed by atoms with van der Waals surface area (Å²) in [6.07, 6.45) is 3.76. The Bertz CT molecular complexity index is 1230. The number of hydrogen-bond acceptors (Lipinski definition) is 7. The van der Waals surface area contributed by atoms with Crippen LogP contribution in [0.2, 0.25) is 0 Å². The number of ether oxygens (including phenoxy) is 1. The Morgan fingerprint density at radius 1 is 1.06 bits per heavy atom. The van der Waals surface area contributed by atoms with Crippen molar-refractivity contribution in [3.63, 3.8) is 0 Å². The van der Waals surface area contributed by atoms with Gasteiger partial charge < -0.3 is 9.64 Å². The standard InChI is InChI=1S/C23H18FN5O3S/c24-16-7-5-15(6-8-16)21(31)32-17-9-3-14(4-10-17)13-18-19(25)29-22(26-20(18)30)33-23(27-29)28-11-1-2-12-28/h3-10,13,25H,1-2,11-12H2. The van der Waals surface area contributed by atoms with Gasteiger partial charge in [-0.25, -0.2) is 9.18 Å². The largest absolute Gasteiger partial charge is 0.423 e. The van der Waals surface area contributed by atoms with Gasteiger partial charge in [-0.1, -0.05) is 12.1 Å². The van der Waals surface area contributed by atoms with E-state index in [4.69, 9.17) is 10.1 Å². The average molecular weight is 463 g/mol. The van der Waals surface area contributed by atoms with E-state index in [-0.39, 0.29) is 17.0 Å². The molecule has 10 heteroatoms. The van der Waals surface area contributed by atoms with Crippen LogP contribution < -0.4 is 4.74 Å². The Hall–Kier alpha value is -3.79. The maximum atomic E-state index is 13.0. The zero-order chi connectivity index (χ0) is 22.9. The molecule has 0 bridgehead atoms. The number of likely N-dealkylation sites (tertiary alicyclic amines) is 1. The molecule has 0 aromatic heterocycles. The van der Waals surface area contributed by atoms with Crippen LogP contribution in [0.1, 0.15) is 28.8 Å². The lowest BCUT2D eigenvalue weighted by Gasteiger charge is -2.20. The smallest absolute Gasteiger partial charge is 0.343 e. The summed E-state index contributed by atoms with van der Waals surface area (Å²) in [5.41, 5.74) is 0.996. The molecule has 8 nitrogen and oxygen atoms in total. The van der Waals surface area contributed by atoms with Gasteiger partial charge in [-0.05, 0) is 72.6 Å². The molecule has 0 atom stereocenters. The molecule has 1 saturated heterocycles. The van der Waals surface area contributed by atoms with Crippen LogP contribution in [0, 0.1) is 11.2 Å². The van der Waals surface area contributed by atoms with E-state index >= 15 is 0 Å². The maximum Gasteiger partial charge on any atom is 0.343 e. The third-order valence-electron chi connectivity index (χ3n) is 5.30. The molecule has 3 aliphatic rings. The number of halogens is 1. The Morgan fingerprint density at radius 3 is 2.45 bits per heavy atom. The maximum absolute atomic E-state index is 13.0. The lowest BCUT2D eigenvalue weighted by molar-refractivity contribution is -0.114. The molecule has 0 aliphatic carbocycles. The van der Waals surface area contributed by atoms with Crippen molar-refractivity contribution in [1.82, 2.24) is 9.91 Å². The highest BCUT2D eigenvalue weighted by Gasteiger charge is 2.37. The monoisotopic (exact) mass is 463 g/mol. The van der Waals surface area contributed by atoms with Crippen LogP contribution in [0.3, 0.4) is 0 Å². The third kappa shape index (κ3) is 4.29. The zero-order valence-corrected chi connectivity index (χ0v) is 18.1. The van der Waals surface area contributed by atoms with Crippen LogP contribution >= 0.6 is 11.8 Å². The molecule has 2 aromatic rings. The summed E-state index contributed by atoms with van der Waals surface area (Å²) in [7, 11) is 0. The minimum Gasteiger partial charge on any atom is -0.423 e. The first-order valence-corrected chi connectivity index (χ1v) is 11.1. The Kier molecular flexibility index (Phi) is 5.51. The fraction of sp³-hybridized carbons (Fsp3) is 0.174. The fourth-order valence-corrected chi connectivity index (χ4v) is 4.51. The third-order valence-corrected chi connectivity index (χ3v) is 6.27. The van der Waals surface area contributed by atoms with Gasteiger partial charge in [0.15, 0.2) is 11.0 Å². The summed E-state index contributed by atoms with van der Waals surface area (Å²) in [6, 6.07) is 11.6. The Balaban J connectivity index is 1.31. The summed E-state index contributed by atoms with van der Waals surface area (Å²) < 4.78 is 18.3. The van der Waals surface area contributed by atoms with E-state index in [0.717, 1.165) is 31.1 Å². The number of benzene rings is 2. The van der Waals surface area contributed by atoms with Gasteiger partial charge in [0.2, 0.25) is 5.17 Å². The number of amides is 1. The summed E-state index contributed by atoms with van der Waals surface area (Å²) in [4.78, 5) is 31.0. The van der Waals surface area contributed by atoms with Gasteiger partial charge in [-0.15, -0.1) is 5.10 Å². The lowest BCUT2D eigenvalue weighted by Crippen LogP contribution is -2.35. The summed E-state index contributed by atoms with van der Waals surface area (Å²) >= 11 is 1.31. The second-order valence-electron chi connectivity index (χ2n) is 7.56. The highest BCUT2D eigenvalue weighted by Crippen LogP contribution is 2.31. The van der Waals surface area contributed by atoms with Gasteiger partial charge in [0, 0.05) is 13.1 Å². The van der Waals surface area contributed by atoms with E-state index < -0.39 is 17.7 Å². The molecule has 33 heavy (non-hydrogen) atoms. The normalized spacial score (nSPS) is 19.0. The SMILES string of the molecule is N=C1C(=Cc2ccc(OC(=O)c3ccc(F)cc3)cc2)C(=O)N=C2SC(N3CCCC3)=NN12. The number of rotatable bonds is 3. The number of nitrogens with one attached hydrogen (secondary N) is 1. The van der Waals surface area contributed by atoms with E-state index in [1.165, 1.54) is 41.0 Å².